The van der Waals surface area contributed by atoms with Gasteiger partial charge in [-0.25, -0.2) is 0 Å². The van der Waals surface area contributed by atoms with E-state index in [0.717, 1.165) is 11.3 Å². The molecular formula is C23H30IrN-. The van der Waals surface area contributed by atoms with Gasteiger partial charge in [-0.1, -0.05) is 67.0 Å². The molecule has 0 unspecified atom stereocenters. The first-order chi connectivity index (χ1) is 11.0. The van der Waals surface area contributed by atoms with Gasteiger partial charge in [-0.3, -0.25) is 0 Å². The molecule has 1 aliphatic rings. The van der Waals surface area contributed by atoms with Crippen molar-refractivity contribution in [1.82, 2.24) is 4.98 Å². The number of pyridine rings is 1. The van der Waals surface area contributed by atoms with Gasteiger partial charge in [-0.2, -0.15) is 0 Å². The molecule has 2 heteroatoms. The van der Waals surface area contributed by atoms with E-state index >= 15 is 0 Å². The Hall–Kier alpha value is -0.981. The van der Waals surface area contributed by atoms with Gasteiger partial charge in [0.1, 0.15) is 0 Å². The van der Waals surface area contributed by atoms with Gasteiger partial charge >= 0.3 is 0 Å². The van der Waals surface area contributed by atoms with E-state index in [1.165, 1.54) is 29.5 Å². The first-order valence-corrected chi connectivity index (χ1v) is 9.04. The molecule has 0 fully saturated rings. The van der Waals surface area contributed by atoms with E-state index in [0.29, 0.717) is 0 Å². The minimum absolute atomic E-state index is 0. The summed E-state index contributed by atoms with van der Waals surface area (Å²) in [4.78, 5) is 4.72. The van der Waals surface area contributed by atoms with Gasteiger partial charge in [-0.05, 0) is 33.9 Å². The molecule has 0 spiro atoms. The Kier molecular flexibility index (Phi) is 5.39. The van der Waals surface area contributed by atoms with Crippen molar-refractivity contribution in [3.8, 4) is 11.3 Å². The predicted molar refractivity (Wildman–Crippen MR) is 102 cm³/mol. The second-order valence-corrected chi connectivity index (χ2v) is 9.62. The summed E-state index contributed by atoms with van der Waals surface area (Å²) >= 11 is 0. The van der Waals surface area contributed by atoms with Crippen molar-refractivity contribution in [2.24, 2.45) is 0 Å². The summed E-state index contributed by atoms with van der Waals surface area (Å²) in [5.74, 6) is 0. The fraction of sp³-hybridized carbons (Fsp3) is 0.522. The zero-order valence-electron chi connectivity index (χ0n) is 16.6. The largest absolute Gasteiger partial charge is 0.304 e. The summed E-state index contributed by atoms with van der Waals surface area (Å²) in [6.45, 7) is 16.1. The Morgan fingerprint density at radius 3 is 2.08 bits per heavy atom. The van der Waals surface area contributed by atoms with Crippen molar-refractivity contribution < 1.29 is 20.1 Å². The van der Waals surface area contributed by atoms with E-state index in [2.05, 4.69) is 78.8 Å². The van der Waals surface area contributed by atoms with E-state index in [4.69, 9.17) is 4.98 Å². The first kappa shape index (κ1) is 20.3. The summed E-state index contributed by atoms with van der Waals surface area (Å²) in [5.41, 5.74) is 6.92. The molecule has 0 bridgehead atoms. The Labute approximate surface area is 167 Å². The molecule has 2 aromatic rings. The molecular weight excluding hydrogens is 482 g/mol. The Morgan fingerprint density at radius 1 is 0.960 bits per heavy atom. The molecule has 0 N–H and O–H groups in total. The molecule has 0 saturated heterocycles. The van der Waals surface area contributed by atoms with Crippen molar-refractivity contribution in [3.05, 3.63) is 53.2 Å². The van der Waals surface area contributed by atoms with Gasteiger partial charge < -0.3 is 4.98 Å². The van der Waals surface area contributed by atoms with Gasteiger partial charge in [-0.15, -0.1) is 34.9 Å². The fourth-order valence-corrected chi connectivity index (χ4v) is 3.65. The molecule has 1 heterocycles. The summed E-state index contributed by atoms with van der Waals surface area (Å²) in [5, 5.41) is 0. The van der Waals surface area contributed by atoms with Crippen molar-refractivity contribution >= 4 is 0 Å². The SMILES string of the molecule is CC(C)(C)c1ccc(-c2[c-]cc3c(c2)C(C)(C)CCC3(C)C)nc1.[Ir]. The molecule has 1 radical (unpaired) electrons. The van der Waals surface area contributed by atoms with Crippen LogP contribution in [0.2, 0.25) is 0 Å². The van der Waals surface area contributed by atoms with Crippen molar-refractivity contribution in [3.63, 3.8) is 0 Å². The van der Waals surface area contributed by atoms with Gasteiger partial charge in [0.2, 0.25) is 0 Å². The van der Waals surface area contributed by atoms with Gasteiger partial charge in [0.25, 0.3) is 0 Å². The molecule has 137 valence electrons. The first-order valence-electron chi connectivity index (χ1n) is 9.04. The molecule has 0 saturated carbocycles. The Morgan fingerprint density at radius 2 is 1.56 bits per heavy atom. The van der Waals surface area contributed by atoms with Crippen LogP contribution in [0.5, 0.6) is 0 Å². The van der Waals surface area contributed by atoms with Crippen molar-refractivity contribution in [2.45, 2.75) is 77.6 Å². The van der Waals surface area contributed by atoms with E-state index in [1.807, 2.05) is 6.20 Å². The van der Waals surface area contributed by atoms with E-state index in [-0.39, 0.29) is 36.4 Å². The quantitative estimate of drug-likeness (QED) is 0.415. The predicted octanol–water partition coefficient (Wildman–Crippen LogP) is 6.19. The van der Waals surface area contributed by atoms with Crippen LogP contribution < -0.4 is 0 Å². The van der Waals surface area contributed by atoms with E-state index in [9.17, 15) is 0 Å². The Bertz CT molecular complexity index is 749. The van der Waals surface area contributed by atoms with Crippen molar-refractivity contribution in [2.75, 3.05) is 0 Å². The molecule has 0 amide bonds. The molecule has 1 aromatic heterocycles. The fourth-order valence-electron chi connectivity index (χ4n) is 3.65. The third kappa shape index (κ3) is 3.91. The molecule has 1 nitrogen and oxygen atoms in total. The average molecular weight is 513 g/mol. The third-order valence-electron chi connectivity index (χ3n) is 5.69. The maximum atomic E-state index is 4.72. The van der Waals surface area contributed by atoms with Crippen LogP contribution in [-0.2, 0) is 36.4 Å². The maximum absolute atomic E-state index is 4.72. The zero-order chi connectivity index (χ0) is 17.8. The summed E-state index contributed by atoms with van der Waals surface area (Å²) < 4.78 is 0. The smallest absolute Gasteiger partial charge is 0.0198 e. The number of hydrogen-bond donors (Lipinski definition) is 0. The summed E-state index contributed by atoms with van der Waals surface area (Å²) in [6.07, 6.45) is 4.48. The van der Waals surface area contributed by atoms with Gasteiger partial charge in [0.05, 0.1) is 0 Å². The standard InChI is InChI=1S/C23H30N.Ir/c1-21(2,3)17-9-11-20(24-15-17)16-8-10-18-19(14-16)23(6,7)13-12-22(18,4)5;/h9-11,14-15H,12-13H2,1-7H3;/q-1;. The monoisotopic (exact) mass is 513 g/mol. The zero-order valence-corrected chi connectivity index (χ0v) is 19.0. The number of nitrogens with zero attached hydrogens (tertiary/aromatic N) is 1. The molecule has 0 atom stereocenters. The van der Waals surface area contributed by atoms with Crippen LogP contribution in [0.4, 0.5) is 0 Å². The van der Waals surface area contributed by atoms with Gasteiger partial charge in [0.15, 0.2) is 0 Å². The maximum Gasteiger partial charge on any atom is 0.0198 e. The number of rotatable bonds is 1. The molecule has 25 heavy (non-hydrogen) atoms. The number of hydrogen-bond acceptors (Lipinski definition) is 1. The molecule has 3 rings (SSSR count). The van der Waals surface area contributed by atoms with Crippen LogP contribution in [0.15, 0.2) is 30.5 Å². The Balaban J connectivity index is 0.00000225. The normalized spacial score (nSPS) is 18.2. The minimum Gasteiger partial charge on any atom is -0.304 e. The van der Waals surface area contributed by atoms with Crippen LogP contribution in [0.3, 0.4) is 0 Å². The summed E-state index contributed by atoms with van der Waals surface area (Å²) in [7, 11) is 0. The summed E-state index contributed by atoms with van der Waals surface area (Å²) in [6, 6.07) is 12.4. The van der Waals surface area contributed by atoms with Crippen LogP contribution >= 0.6 is 0 Å². The second-order valence-electron chi connectivity index (χ2n) is 9.62. The average Bonchev–Trinajstić information content (AvgIpc) is 2.51. The second kappa shape index (κ2) is 6.63. The topological polar surface area (TPSA) is 12.9 Å². The van der Waals surface area contributed by atoms with E-state index < -0.39 is 0 Å². The third-order valence-corrected chi connectivity index (χ3v) is 5.69. The van der Waals surface area contributed by atoms with Crippen LogP contribution in [0.1, 0.15) is 78.0 Å². The van der Waals surface area contributed by atoms with Crippen LogP contribution in [0.25, 0.3) is 11.3 Å². The number of fused-ring (bicyclic) bond motifs is 1. The number of aromatic nitrogens is 1. The van der Waals surface area contributed by atoms with Crippen molar-refractivity contribution in [1.29, 1.82) is 0 Å². The molecule has 1 aliphatic carbocycles. The molecule has 0 aliphatic heterocycles. The molecule has 1 aromatic carbocycles. The van der Waals surface area contributed by atoms with Gasteiger partial charge in [0, 0.05) is 26.3 Å². The van der Waals surface area contributed by atoms with Crippen LogP contribution in [0, 0.1) is 6.07 Å². The number of benzene rings is 1. The van der Waals surface area contributed by atoms with E-state index in [1.54, 1.807) is 0 Å². The van der Waals surface area contributed by atoms with Crippen LogP contribution in [-0.4, -0.2) is 4.98 Å². The minimum atomic E-state index is 0.